The summed E-state index contributed by atoms with van der Waals surface area (Å²) in [5.41, 5.74) is 0.602. The molecule has 1 N–H and O–H groups in total. The van der Waals surface area contributed by atoms with Crippen LogP contribution in [0.4, 0.5) is 0 Å². The minimum atomic E-state index is -0.566. The molecule has 1 fully saturated rings. The summed E-state index contributed by atoms with van der Waals surface area (Å²) in [7, 11) is 0. The Morgan fingerprint density at radius 2 is 2.00 bits per heavy atom. The van der Waals surface area contributed by atoms with Crippen LogP contribution >= 0.6 is 0 Å². The van der Waals surface area contributed by atoms with Gasteiger partial charge in [-0.25, -0.2) is 0 Å². The SMILES string of the molecule is CC(C)(C(O)c1cccc2ccncc12)N1CCOCC1. The molecule has 1 unspecified atom stereocenters. The van der Waals surface area contributed by atoms with Gasteiger partial charge >= 0.3 is 0 Å². The van der Waals surface area contributed by atoms with Crippen LogP contribution in [0.15, 0.2) is 36.7 Å². The summed E-state index contributed by atoms with van der Waals surface area (Å²) >= 11 is 0. The molecule has 0 radical (unpaired) electrons. The Balaban J connectivity index is 1.97. The number of fused-ring (bicyclic) bond motifs is 1. The van der Waals surface area contributed by atoms with Gasteiger partial charge in [-0.1, -0.05) is 18.2 Å². The third-order valence-electron chi connectivity index (χ3n) is 4.51. The van der Waals surface area contributed by atoms with Crippen molar-refractivity contribution in [1.82, 2.24) is 9.88 Å². The molecule has 1 saturated heterocycles. The number of morpholine rings is 1. The Labute approximate surface area is 125 Å². The van der Waals surface area contributed by atoms with Crippen LogP contribution in [0.3, 0.4) is 0 Å². The summed E-state index contributed by atoms with van der Waals surface area (Å²) in [5.74, 6) is 0. The average Bonchev–Trinajstić information content (AvgIpc) is 2.54. The topological polar surface area (TPSA) is 45.6 Å². The van der Waals surface area contributed by atoms with Crippen molar-refractivity contribution >= 4 is 10.8 Å². The van der Waals surface area contributed by atoms with E-state index in [1.54, 1.807) is 6.20 Å². The highest BCUT2D eigenvalue weighted by Gasteiger charge is 2.36. The number of hydrogen-bond acceptors (Lipinski definition) is 4. The number of hydrogen-bond donors (Lipinski definition) is 1. The van der Waals surface area contributed by atoms with E-state index in [1.807, 2.05) is 24.4 Å². The monoisotopic (exact) mass is 286 g/mol. The maximum absolute atomic E-state index is 11.0. The van der Waals surface area contributed by atoms with Gasteiger partial charge in [0.05, 0.1) is 19.3 Å². The molecule has 0 saturated carbocycles. The zero-order valence-corrected chi connectivity index (χ0v) is 12.6. The quantitative estimate of drug-likeness (QED) is 0.941. The Morgan fingerprint density at radius 1 is 1.24 bits per heavy atom. The second-order valence-corrected chi connectivity index (χ2v) is 6.10. The van der Waals surface area contributed by atoms with Crippen LogP contribution in [0.1, 0.15) is 25.5 Å². The molecule has 0 aliphatic carbocycles. The first-order valence-corrected chi connectivity index (χ1v) is 7.44. The lowest BCUT2D eigenvalue weighted by molar-refractivity contribution is -0.0626. The first-order valence-electron chi connectivity index (χ1n) is 7.44. The fourth-order valence-corrected chi connectivity index (χ4v) is 3.07. The number of nitrogens with zero attached hydrogens (tertiary/aromatic N) is 2. The molecule has 1 aromatic carbocycles. The molecular formula is C17H22N2O2. The zero-order valence-electron chi connectivity index (χ0n) is 12.6. The van der Waals surface area contributed by atoms with Gasteiger partial charge in [-0.3, -0.25) is 9.88 Å². The van der Waals surface area contributed by atoms with Crippen molar-refractivity contribution in [2.24, 2.45) is 0 Å². The van der Waals surface area contributed by atoms with Crippen molar-refractivity contribution in [1.29, 1.82) is 0 Å². The fraction of sp³-hybridized carbons (Fsp3) is 0.471. The number of rotatable bonds is 3. The fourth-order valence-electron chi connectivity index (χ4n) is 3.07. The molecule has 112 valence electrons. The molecule has 1 aliphatic heterocycles. The molecule has 0 spiro atoms. The van der Waals surface area contributed by atoms with E-state index >= 15 is 0 Å². The van der Waals surface area contributed by atoms with Gasteiger partial charge in [-0.05, 0) is 30.9 Å². The minimum absolute atomic E-state index is 0.339. The number of aliphatic hydroxyl groups is 1. The van der Waals surface area contributed by atoms with Gasteiger partial charge in [0, 0.05) is 36.4 Å². The molecular weight excluding hydrogens is 264 g/mol. The van der Waals surface area contributed by atoms with Crippen molar-refractivity contribution in [3.8, 4) is 0 Å². The number of aliphatic hydroxyl groups excluding tert-OH is 1. The Morgan fingerprint density at radius 3 is 2.76 bits per heavy atom. The summed E-state index contributed by atoms with van der Waals surface area (Å²) in [6.07, 6.45) is 3.05. The van der Waals surface area contributed by atoms with Gasteiger partial charge in [-0.15, -0.1) is 0 Å². The van der Waals surface area contributed by atoms with Gasteiger partial charge in [0.1, 0.15) is 0 Å². The lowest BCUT2D eigenvalue weighted by atomic mass is 9.87. The average molecular weight is 286 g/mol. The van der Waals surface area contributed by atoms with Gasteiger partial charge < -0.3 is 9.84 Å². The maximum atomic E-state index is 11.0. The van der Waals surface area contributed by atoms with Crippen molar-refractivity contribution in [3.63, 3.8) is 0 Å². The van der Waals surface area contributed by atoms with Crippen LogP contribution in [0.2, 0.25) is 0 Å². The first kappa shape index (κ1) is 14.4. The zero-order chi connectivity index (χ0) is 14.9. The van der Waals surface area contributed by atoms with Gasteiger partial charge in [0.2, 0.25) is 0 Å². The highest BCUT2D eigenvalue weighted by atomic mass is 16.5. The molecule has 4 heteroatoms. The predicted molar refractivity (Wildman–Crippen MR) is 83.2 cm³/mol. The van der Waals surface area contributed by atoms with Crippen molar-refractivity contribution < 1.29 is 9.84 Å². The van der Waals surface area contributed by atoms with Crippen molar-refractivity contribution in [2.75, 3.05) is 26.3 Å². The van der Waals surface area contributed by atoms with Gasteiger partial charge in [-0.2, -0.15) is 0 Å². The second kappa shape index (κ2) is 5.72. The highest BCUT2D eigenvalue weighted by molar-refractivity contribution is 5.85. The van der Waals surface area contributed by atoms with Crippen LogP contribution < -0.4 is 0 Å². The third-order valence-corrected chi connectivity index (χ3v) is 4.51. The predicted octanol–water partition coefficient (Wildman–Crippen LogP) is 2.38. The summed E-state index contributed by atoms with van der Waals surface area (Å²) < 4.78 is 5.42. The van der Waals surface area contributed by atoms with E-state index in [0.717, 1.165) is 42.6 Å². The summed E-state index contributed by atoms with van der Waals surface area (Å²) in [6.45, 7) is 7.36. The van der Waals surface area contributed by atoms with E-state index in [4.69, 9.17) is 4.74 Å². The van der Waals surface area contributed by atoms with Gasteiger partial charge in [0.25, 0.3) is 0 Å². The van der Waals surface area contributed by atoms with E-state index in [1.165, 1.54) is 0 Å². The Kier molecular flexibility index (Phi) is 3.93. The number of ether oxygens (including phenoxy) is 1. The lowest BCUT2D eigenvalue weighted by Gasteiger charge is -2.44. The molecule has 1 atom stereocenters. The van der Waals surface area contributed by atoms with E-state index in [-0.39, 0.29) is 5.54 Å². The molecule has 4 nitrogen and oxygen atoms in total. The summed E-state index contributed by atoms with van der Waals surface area (Å²) in [5, 5.41) is 13.1. The van der Waals surface area contributed by atoms with E-state index in [9.17, 15) is 5.11 Å². The maximum Gasteiger partial charge on any atom is 0.0974 e. The van der Waals surface area contributed by atoms with Crippen LogP contribution in [-0.4, -0.2) is 46.8 Å². The first-order chi connectivity index (χ1) is 10.1. The molecule has 0 bridgehead atoms. The molecule has 21 heavy (non-hydrogen) atoms. The van der Waals surface area contributed by atoms with E-state index < -0.39 is 6.10 Å². The smallest absolute Gasteiger partial charge is 0.0974 e. The molecule has 3 rings (SSSR count). The van der Waals surface area contributed by atoms with E-state index in [2.05, 4.69) is 29.8 Å². The third kappa shape index (κ3) is 2.67. The summed E-state index contributed by atoms with van der Waals surface area (Å²) in [4.78, 5) is 6.51. The van der Waals surface area contributed by atoms with E-state index in [0.29, 0.717) is 0 Å². The molecule has 2 heterocycles. The van der Waals surface area contributed by atoms with Crippen LogP contribution in [-0.2, 0) is 4.74 Å². The van der Waals surface area contributed by atoms with Crippen molar-refractivity contribution in [3.05, 3.63) is 42.2 Å². The summed E-state index contributed by atoms with van der Waals surface area (Å²) in [6, 6.07) is 8.02. The second-order valence-electron chi connectivity index (χ2n) is 6.10. The lowest BCUT2D eigenvalue weighted by Crippen LogP contribution is -2.53. The standard InChI is InChI=1S/C17H22N2O2/c1-17(2,19-8-10-21-11-9-19)16(20)14-5-3-4-13-6-7-18-12-15(13)14/h3-7,12,16,20H,8-11H2,1-2H3. The number of aromatic nitrogens is 1. The molecule has 1 aromatic heterocycles. The Bertz CT molecular complexity index is 616. The van der Waals surface area contributed by atoms with Crippen LogP contribution in [0.5, 0.6) is 0 Å². The van der Waals surface area contributed by atoms with Crippen LogP contribution in [0, 0.1) is 0 Å². The minimum Gasteiger partial charge on any atom is -0.386 e. The largest absolute Gasteiger partial charge is 0.386 e. The Hall–Kier alpha value is -1.49. The van der Waals surface area contributed by atoms with Gasteiger partial charge in [0.15, 0.2) is 0 Å². The normalized spacial score (nSPS) is 18.8. The highest BCUT2D eigenvalue weighted by Crippen LogP contribution is 2.34. The molecule has 2 aromatic rings. The molecule has 1 aliphatic rings. The van der Waals surface area contributed by atoms with Crippen LogP contribution in [0.25, 0.3) is 10.8 Å². The number of pyridine rings is 1. The van der Waals surface area contributed by atoms with Crippen molar-refractivity contribution in [2.45, 2.75) is 25.5 Å². The number of benzene rings is 1. The molecule has 0 amide bonds.